The second-order valence-corrected chi connectivity index (χ2v) is 10.2. The predicted octanol–water partition coefficient (Wildman–Crippen LogP) is 5.07. The van der Waals surface area contributed by atoms with Crippen LogP contribution in [0.1, 0.15) is 38.8 Å². The van der Waals surface area contributed by atoms with Gasteiger partial charge in [0.05, 0.1) is 20.3 Å². The average Bonchev–Trinajstić information content (AvgIpc) is 3.41. The zero-order valence-electron chi connectivity index (χ0n) is 21.2. The topological polar surface area (TPSA) is 68.3 Å². The maximum atomic E-state index is 13.8. The van der Waals surface area contributed by atoms with Crippen molar-refractivity contribution in [3.05, 3.63) is 80.5 Å². The summed E-state index contributed by atoms with van der Waals surface area (Å²) in [6.45, 7) is 1.38. The van der Waals surface area contributed by atoms with E-state index in [0.717, 1.165) is 17.5 Å². The Labute approximate surface area is 226 Å². The molecule has 0 spiro atoms. The summed E-state index contributed by atoms with van der Waals surface area (Å²) in [6.07, 6.45) is 1.39. The molecule has 0 unspecified atom stereocenters. The maximum Gasteiger partial charge on any atom is 0.254 e. The van der Waals surface area contributed by atoms with Crippen molar-refractivity contribution >= 4 is 34.8 Å². The summed E-state index contributed by atoms with van der Waals surface area (Å²) in [7, 11) is 4.69. The lowest BCUT2D eigenvalue weighted by Crippen LogP contribution is -2.47. The van der Waals surface area contributed by atoms with Crippen LogP contribution < -0.4 is 9.47 Å². The molecule has 7 nitrogen and oxygen atoms in total. The molecule has 2 heterocycles. The Balaban J connectivity index is 1.62. The fourth-order valence-corrected chi connectivity index (χ4v) is 5.64. The van der Waals surface area contributed by atoms with Gasteiger partial charge in [0.25, 0.3) is 5.91 Å². The first-order chi connectivity index (χ1) is 17.9. The summed E-state index contributed by atoms with van der Waals surface area (Å²) >= 11 is 7.85. The summed E-state index contributed by atoms with van der Waals surface area (Å²) in [6, 6.07) is 14.5. The van der Waals surface area contributed by atoms with Gasteiger partial charge in [0.1, 0.15) is 18.0 Å². The van der Waals surface area contributed by atoms with Crippen molar-refractivity contribution in [1.29, 1.82) is 0 Å². The number of hydrogen-bond acceptors (Lipinski definition) is 6. The van der Waals surface area contributed by atoms with Crippen LogP contribution >= 0.6 is 22.9 Å². The number of carbonyl (C=O) groups excluding carboxylic acids is 2. The van der Waals surface area contributed by atoms with Crippen LogP contribution in [-0.2, 0) is 16.0 Å². The van der Waals surface area contributed by atoms with Gasteiger partial charge in [-0.15, -0.1) is 11.3 Å². The number of methoxy groups -OCH3 is 3. The molecule has 0 N–H and O–H groups in total. The van der Waals surface area contributed by atoms with Crippen LogP contribution in [0.15, 0.2) is 53.9 Å². The van der Waals surface area contributed by atoms with Crippen LogP contribution in [0.3, 0.4) is 0 Å². The molecule has 196 valence electrons. The molecule has 0 saturated carbocycles. The van der Waals surface area contributed by atoms with Crippen LogP contribution in [0, 0.1) is 0 Å². The van der Waals surface area contributed by atoms with E-state index >= 15 is 0 Å². The lowest BCUT2D eigenvalue weighted by molar-refractivity contribution is -0.134. The Kier molecular flexibility index (Phi) is 9.08. The van der Waals surface area contributed by atoms with Gasteiger partial charge in [-0.3, -0.25) is 9.59 Å². The Morgan fingerprint density at radius 3 is 2.41 bits per heavy atom. The molecular weight excluding hydrogens is 512 g/mol. The van der Waals surface area contributed by atoms with Gasteiger partial charge in [-0.2, -0.15) is 0 Å². The zero-order chi connectivity index (χ0) is 26.4. The van der Waals surface area contributed by atoms with E-state index in [1.54, 1.807) is 41.5 Å². The lowest BCUT2D eigenvalue weighted by Gasteiger charge is -2.37. The number of halogens is 1. The maximum absolute atomic E-state index is 13.8. The minimum Gasteiger partial charge on any atom is -0.497 e. The number of benzene rings is 2. The van der Waals surface area contributed by atoms with Gasteiger partial charge in [0.15, 0.2) is 0 Å². The molecule has 1 aliphatic rings. The lowest BCUT2D eigenvalue weighted by atomic mass is 9.93. The van der Waals surface area contributed by atoms with E-state index in [1.807, 2.05) is 29.2 Å². The normalized spacial score (nSPS) is 14.7. The van der Waals surface area contributed by atoms with E-state index in [-0.39, 0.29) is 24.4 Å². The second kappa shape index (κ2) is 12.4. The summed E-state index contributed by atoms with van der Waals surface area (Å²) < 4.78 is 15.9. The van der Waals surface area contributed by atoms with Crippen molar-refractivity contribution in [3.8, 4) is 11.5 Å². The van der Waals surface area contributed by atoms with Gasteiger partial charge in [0.2, 0.25) is 5.91 Å². The Morgan fingerprint density at radius 2 is 1.76 bits per heavy atom. The number of thiophene rings is 1. The van der Waals surface area contributed by atoms with Gasteiger partial charge < -0.3 is 24.0 Å². The molecule has 0 bridgehead atoms. The van der Waals surface area contributed by atoms with E-state index in [1.165, 1.54) is 19.1 Å². The van der Waals surface area contributed by atoms with Gasteiger partial charge in [0, 0.05) is 48.3 Å². The monoisotopic (exact) mass is 542 g/mol. The van der Waals surface area contributed by atoms with Gasteiger partial charge >= 0.3 is 0 Å². The highest BCUT2D eigenvalue weighted by atomic mass is 35.5. The first kappa shape index (κ1) is 27.0. The third kappa shape index (κ3) is 6.26. The fourth-order valence-electron chi connectivity index (χ4n) is 4.61. The summed E-state index contributed by atoms with van der Waals surface area (Å²) in [4.78, 5) is 32.2. The average molecular weight is 543 g/mol. The van der Waals surface area contributed by atoms with Crippen molar-refractivity contribution in [2.75, 3.05) is 47.6 Å². The molecule has 2 aromatic carbocycles. The fraction of sp³-hybridized carbons (Fsp3) is 0.357. The number of nitrogens with zero attached hydrogens (tertiary/aromatic N) is 2. The number of fused-ring (bicyclic) bond motifs is 1. The largest absolute Gasteiger partial charge is 0.497 e. The molecule has 0 saturated heterocycles. The Bertz CT molecular complexity index is 1210. The number of ether oxygens (including phenoxy) is 3. The van der Waals surface area contributed by atoms with Gasteiger partial charge in [-0.05, 0) is 59.7 Å². The summed E-state index contributed by atoms with van der Waals surface area (Å²) in [5.41, 5.74) is 2.52. The second-order valence-electron chi connectivity index (χ2n) is 8.76. The minimum absolute atomic E-state index is 0.0500. The molecule has 9 heteroatoms. The first-order valence-electron chi connectivity index (χ1n) is 12.1. The molecular formula is C28H31ClN2O5S. The van der Waals surface area contributed by atoms with Crippen LogP contribution in [0.5, 0.6) is 11.5 Å². The highest BCUT2D eigenvalue weighted by Crippen LogP contribution is 2.38. The highest BCUT2D eigenvalue weighted by molar-refractivity contribution is 7.10. The number of rotatable bonds is 10. The van der Waals surface area contributed by atoms with E-state index in [2.05, 4.69) is 11.4 Å². The van der Waals surface area contributed by atoms with Crippen LogP contribution in [-0.4, -0.2) is 69.2 Å². The first-order valence-corrected chi connectivity index (χ1v) is 13.3. The molecule has 0 aliphatic carbocycles. The summed E-state index contributed by atoms with van der Waals surface area (Å²) in [5, 5.41) is 2.71. The molecule has 0 radical (unpaired) electrons. The third-order valence-corrected chi connectivity index (χ3v) is 7.71. The van der Waals surface area contributed by atoms with Crippen LogP contribution in [0.2, 0.25) is 5.02 Å². The summed E-state index contributed by atoms with van der Waals surface area (Å²) in [5.74, 6) is 0.639. The molecule has 37 heavy (non-hydrogen) atoms. The Morgan fingerprint density at radius 1 is 1.05 bits per heavy atom. The number of amides is 2. The molecule has 1 aliphatic heterocycles. The molecule has 4 rings (SSSR count). The molecule has 0 fully saturated rings. The van der Waals surface area contributed by atoms with Crippen molar-refractivity contribution in [2.45, 2.75) is 18.9 Å². The zero-order valence-corrected chi connectivity index (χ0v) is 22.8. The predicted molar refractivity (Wildman–Crippen MR) is 145 cm³/mol. The van der Waals surface area contributed by atoms with E-state index in [0.29, 0.717) is 48.2 Å². The van der Waals surface area contributed by atoms with Crippen molar-refractivity contribution in [2.24, 2.45) is 0 Å². The van der Waals surface area contributed by atoms with Crippen molar-refractivity contribution in [1.82, 2.24) is 9.80 Å². The number of carbonyl (C=O) groups is 2. The smallest absolute Gasteiger partial charge is 0.254 e. The van der Waals surface area contributed by atoms with E-state index in [9.17, 15) is 9.59 Å². The van der Waals surface area contributed by atoms with E-state index < -0.39 is 0 Å². The number of hydrogen-bond donors (Lipinski definition) is 0. The third-order valence-electron chi connectivity index (χ3n) is 6.46. The van der Waals surface area contributed by atoms with Crippen molar-refractivity contribution in [3.63, 3.8) is 0 Å². The minimum atomic E-state index is -0.266. The Hall–Kier alpha value is -3.07. The quantitative estimate of drug-likeness (QED) is 0.335. The standard InChI is InChI=1S/C28H31ClN2O5S/c1-34-13-4-11-30(28(33)20-15-22(35-2)17-23(16-20)36-3)18-26(32)31-12-9-25-24(10-14-37-25)27(31)19-5-7-21(29)8-6-19/h5-8,10,14-17,27H,4,9,11-13,18H2,1-3H3/t27-/m0/s1. The van der Waals surface area contributed by atoms with Crippen LogP contribution in [0.25, 0.3) is 0 Å². The highest BCUT2D eigenvalue weighted by Gasteiger charge is 2.34. The van der Waals surface area contributed by atoms with Gasteiger partial charge in [-0.25, -0.2) is 0 Å². The van der Waals surface area contributed by atoms with Gasteiger partial charge in [-0.1, -0.05) is 23.7 Å². The van der Waals surface area contributed by atoms with Crippen LogP contribution in [0.4, 0.5) is 0 Å². The van der Waals surface area contributed by atoms with Crippen molar-refractivity contribution < 1.29 is 23.8 Å². The molecule has 3 aromatic rings. The SMILES string of the molecule is COCCCN(CC(=O)N1CCc2sccc2[C@@H]1c1ccc(Cl)cc1)C(=O)c1cc(OC)cc(OC)c1. The molecule has 1 atom stereocenters. The molecule has 2 amide bonds. The van der Waals surface area contributed by atoms with E-state index in [4.69, 9.17) is 25.8 Å². The molecule has 1 aromatic heterocycles.